The first-order valence-corrected chi connectivity index (χ1v) is 8.04. The molecule has 4 heteroatoms. The highest BCUT2D eigenvalue weighted by Gasteiger charge is 2.52. The van der Waals surface area contributed by atoms with Gasteiger partial charge in [-0.3, -0.25) is 4.79 Å². The first-order chi connectivity index (χ1) is 9.53. The molecule has 1 heterocycles. The van der Waals surface area contributed by atoms with Crippen LogP contribution in [0.4, 0.5) is 0 Å². The lowest BCUT2D eigenvalue weighted by atomic mass is 9.92. The smallest absolute Gasteiger partial charge is 0.225 e. The molecule has 1 N–H and O–H groups in total. The van der Waals surface area contributed by atoms with Gasteiger partial charge in [-0.1, -0.05) is 20.3 Å². The average molecular weight is 282 g/mol. The first-order valence-electron chi connectivity index (χ1n) is 8.04. The fraction of sp³-hybridized carbons (Fsp3) is 0.938. The van der Waals surface area contributed by atoms with Gasteiger partial charge in [-0.15, -0.1) is 0 Å². The molecule has 2 aliphatic rings. The molecular weight excluding hydrogens is 252 g/mol. The summed E-state index contributed by atoms with van der Waals surface area (Å²) in [7, 11) is 3.68. The van der Waals surface area contributed by atoms with Crippen molar-refractivity contribution in [3.63, 3.8) is 0 Å². The molecule has 0 aromatic carbocycles. The number of carbonyl (C=O) groups is 1. The minimum absolute atomic E-state index is 0.0348. The van der Waals surface area contributed by atoms with Crippen molar-refractivity contribution in [2.75, 3.05) is 14.2 Å². The van der Waals surface area contributed by atoms with Crippen LogP contribution in [0.15, 0.2) is 0 Å². The van der Waals surface area contributed by atoms with E-state index in [1.54, 1.807) is 7.11 Å². The minimum atomic E-state index is -0.0348. The standard InChI is InChI=1S/C16H30N2O2/c1-6-10(2)16(17-4)14(20-5)9-15(19)18-11(3)7-12-8-13(12)18/h10-14,16-17H,6-9H2,1-5H3. The third kappa shape index (κ3) is 3.01. The van der Waals surface area contributed by atoms with E-state index in [-0.39, 0.29) is 18.1 Å². The molecule has 2 rings (SSSR count). The fourth-order valence-corrected chi connectivity index (χ4v) is 3.86. The third-order valence-electron chi connectivity index (χ3n) is 5.32. The zero-order valence-corrected chi connectivity index (χ0v) is 13.6. The van der Waals surface area contributed by atoms with Crippen molar-refractivity contribution in [1.82, 2.24) is 10.2 Å². The Morgan fingerprint density at radius 3 is 2.60 bits per heavy atom. The maximum absolute atomic E-state index is 12.6. The third-order valence-corrected chi connectivity index (χ3v) is 5.32. The minimum Gasteiger partial charge on any atom is -0.379 e. The van der Waals surface area contributed by atoms with Crippen LogP contribution >= 0.6 is 0 Å². The van der Waals surface area contributed by atoms with Gasteiger partial charge in [0, 0.05) is 25.2 Å². The normalized spacial score (nSPS) is 32.6. The van der Waals surface area contributed by atoms with Gasteiger partial charge in [0.1, 0.15) is 0 Å². The van der Waals surface area contributed by atoms with Crippen LogP contribution in [0.2, 0.25) is 0 Å². The highest BCUT2D eigenvalue weighted by molar-refractivity contribution is 5.78. The van der Waals surface area contributed by atoms with Crippen LogP contribution in [0.25, 0.3) is 0 Å². The Labute approximate surface area is 123 Å². The molecule has 1 saturated heterocycles. The number of methoxy groups -OCH3 is 1. The van der Waals surface area contributed by atoms with E-state index in [0.717, 1.165) is 12.3 Å². The van der Waals surface area contributed by atoms with Gasteiger partial charge in [-0.05, 0) is 38.6 Å². The second kappa shape index (κ2) is 6.44. The summed E-state index contributed by atoms with van der Waals surface area (Å²) in [6.45, 7) is 6.57. The van der Waals surface area contributed by atoms with Crippen molar-refractivity contribution >= 4 is 5.91 Å². The summed E-state index contributed by atoms with van der Waals surface area (Å²) < 4.78 is 5.63. The summed E-state index contributed by atoms with van der Waals surface area (Å²) in [6.07, 6.45) is 3.96. The zero-order valence-electron chi connectivity index (χ0n) is 13.6. The average Bonchev–Trinajstić information content (AvgIpc) is 3.09. The van der Waals surface area contributed by atoms with Crippen molar-refractivity contribution in [3.8, 4) is 0 Å². The second-order valence-electron chi connectivity index (χ2n) is 6.63. The van der Waals surface area contributed by atoms with Crippen LogP contribution in [-0.2, 0) is 9.53 Å². The number of amides is 1. The Balaban J connectivity index is 1.96. The van der Waals surface area contributed by atoms with Crippen LogP contribution in [0.5, 0.6) is 0 Å². The predicted octanol–water partition coefficient (Wildman–Crippen LogP) is 2.03. The largest absolute Gasteiger partial charge is 0.379 e. The van der Waals surface area contributed by atoms with Crippen LogP contribution in [0, 0.1) is 11.8 Å². The molecule has 1 aliphatic carbocycles. The van der Waals surface area contributed by atoms with E-state index >= 15 is 0 Å². The predicted molar refractivity (Wildman–Crippen MR) is 80.5 cm³/mol. The van der Waals surface area contributed by atoms with Gasteiger partial charge in [-0.2, -0.15) is 0 Å². The van der Waals surface area contributed by atoms with E-state index in [2.05, 4.69) is 31.0 Å². The number of likely N-dealkylation sites (N-methyl/N-ethyl adjacent to an activating group) is 1. The monoisotopic (exact) mass is 282 g/mol. The molecule has 6 atom stereocenters. The Morgan fingerprint density at radius 1 is 1.45 bits per heavy atom. The summed E-state index contributed by atoms with van der Waals surface area (Å²) >= 11 is 0. The van der Waals surface area contributed by atoms with Crippen molar-refractivity contribution in [1.29, 1.82) is 0 Å². The maximum Gasteiger partial charge on any atom is 0.225 e. The van der Waals surface area contributed by atoms with Crippen LogP contribution in [0.3, 0.4) is 0 Å². The Kier molecular flexibility index (Phi) is 5.08. The number of fused-ring (bicyclic) bond motifs is 1. The van der Waals surface area contributed by atoms with E-state index < -0.39 is 0 Å². The quantitative estimate of drug-likeness (QED) is 0.777. The highest BCUT2D eigenvalue weighted by Crippen LogP contribution is 2.47. The Morgan fingerprint density at radius 2 is 2.15 bits per heavy atom. The molecule has 4 nitrogen and oxygen atoms in total. The van der Waals surface area contributed by atoms with Gasteiger partial charge in [0.2, 0.25) is 5.91 Å². The number of piperidine rings is 1. The number of nitrogens with zero attached hydrogens (tertiary/aromatic N) is 1. The van der Waals surface area contributed by atoms with E-state index in [9.17, 15) is 4.79 Å². The van der Waals surface area contributed by atoms with E-state index in [1.165, 1.54) is 12.8 Å². The molecule has 0 spiro atoms. The Hall–Kier alpha value is -0.610. The lowest BCUT2D eigenvalue weighted by Gasteiger charge is -2.32. The van der Waals surface area contributed by atoms with Crippen molar-refractivity contribution in [3.05, 3.63) is 0 Å². The molecule has 0 aromatic rings. The molecule has 0 radical (unpaired) electrons. The molecule has 0 bridgehead atoms. The first kappa shape index (κ1) is 15.8. The van der Waals surface area contributed by atoms with Crippen LogP contribution in [-0.4, -0.2) is 49.2 Å². The SMILES string of the molecule is CCC(C)C(NC)C(CC(=O)N1C(C)CC2CC21)OC. The van der Waals surface area contributed by atoms with Crippen LogP contribution in [0.1, 0.15) is 46.5 Å². The zero-order chi connectivity index (χ0) is 14.9. The van der Waals surface area contributed by atoms with Crippen molar-refractivity contribution in [2.45, 2.75) is 70.7 Å². The molecule has 1 amide bonds. The Bertz CT molecular complexity index is 345. The van der Waals surface area contributed by atoms with Crippen molar-refractivity contribution in [2.24, 2.45) is 11.8 Å². The van der Waals surface area contributed by atoms with Gasteiger partial charge in [0.25, 0.3) is 0 Å². The maximum atomic E-state index is 12.6. The highest BCUT2D eigenvalue weighted by atomic mass is 16.5. The van der Waals surface area contributed by atoms with Gasteiger partial charge in [0.15, 0.2) is 0 Å². The van der Waals surface area contributed by atoms with Crippen LogP contribution < -0.4 is 5.32 Å². The molecule has 1 saturated carbocycles. The lowest BCUT2D eigenvalue weighted by molar-refractivity contribution is -0.136. The van der Waals surface area contributed by atoms with Gasteiger partial charge in [0.05, 0.1) is 12.5 Å². The van der Waals surface area contributed by atoms with E-state index in [4.69, 9.17) is 4.74 Å². The van der Waals surface area contributed by atoms with E-state index in [0.29, 0.717) is 24.4 Å². The van der Waals surface area contributed by atoms with Crippen molar-refractivity contribution < 1.29 is 9.53 Å². The number of rotatable bonds is 7. The lowest BCUT2D eigenvalue weighted by Crippen LogP contribution is -2.47. The van der Waals surface area contributed by atoms with Gasteiger partial charge in [-0.25, -0.2) is 0 Å². The molecule has 2 fully saturated rings. The molecule has 116 valence electrons. The van der Waals surface area contributed by atoms with Gasteiger partial charge >= 0.3 is 0 Å². The number of likely N-dealkylation sites (tertiary alicyclic amines) is 1. The number of nitrogens with one attached hydrogen (secondary N) is 1. The summed E-state index contributed by atoms with van der Waals surface area (Å²) in [5, 5.41) is 3.34. The van der Waals surface area contributed by atoms with E-state index in [1.807, 2.05) is 7.05 Å². The summed E-state index contributed by atoms with van der Waals surface area (Å²) in [6, 6.07) is 1.19. The summed E-state index contributed by atoms with van der Waals surface area (Å²) in [5.41, 5.74) is 0. The number of carbonyl (C=O) groups excluding carboxylic acids is 1. The topological polar surface area (TPSA) is 41.6 Å². The molecule has 20 heavy (non-hydrogen) atoms. The summed E-state index contributed by atoms with van der Waals surface area (Å²) in [5.74, 6) is 1.56. The summed E-state index contributed by atoms with van der Waals surface area (Å²) in [4.78, 5) is 14.7. The second-order valence-corrected chi connectivity index (χ2v) is 6.63. The number of hydrogen-bond donors (Lipinski definition) is 1. The molecule has 1 aliphatic heterocycles. The van der Waals surface area contributed by atoms with Gasteiger partial charge < -0.3 is 15.0 Å². The number of ether oxygens (including phenoxy) is 1. The number of hydrogen-bond acceptors (Lipinski definition) is 3. The molecule has 0 aromatic heterocycles. The fourth-order valence-electron chi connectivity index (χ4n) is 3.86. The molecular formula is C16H30N2O2. The molecule has 6 unspecified atom stereocenters.